The maximum atomic E-state index is 12.3. The molecule has 2 N–H and O–H groups in total. The van der Waals surface area contributed by atoms with Gasteiger partial charge in [-0.2, -0.15) is 5.10 Å². The second kappa shape index (κ2) is 6.27. The van der Waals surface area contributed by atoms with Crippen molar-refractivity contribution >= 4 is 16.8 Å². The third kappa shape index (κ3) is 2.74. The van der Waals surface area contributed by atoms with Crippen LogP contribution in [0.1, 0.15) is 30.3 Å². The van der Waals surface area contributed by atoms with Crippen molar-refractivity contribution in [1.29, 1.82) is 0 Å². The quantitative estimate of drug-likeness (QED) is 0.887. The molecule has 1 amide bonds. The molecule has 1 atom stereocenters. The number of rotatable bonds is 4. The van der Waals surface area contributed by atoms with E-state index < -0.39 is 5.91 Å². The van der Waals surface area contributed by atoms with Crippen LogP contribution in [-0.2, 0) is 0 Å². The van der Waals surface area contributed by atoms with Crippen molar-refractivity contribution in [1.82, 2.24) is 20.4 Å². The normalized spacial score (nSPS) is 18.7. The van der Waals surface area contributed by atoms with Gasteiger partial charge in [-0.15, -0.1) is 0 Å². The highest BCUT2D eigenvalue weighted by Gasteiger charge is 2.24. The monoisotopic (exact) mass is 300 g/mol. The Bertz CT molecular complexity index is 740. The zero-order valence-corrected chi connectivity index (χ0v) is 12.6. The number of carbonyl (C=O) groups excluding carboxylic acids is 1. The number of likely N-dealkylation sites (N-methyl/N-ethyl adjacent to an activating group) is 1. The van der Waals surface area contributed by atoms with E-state index in [1.54, 1.807) is 18.2 Å². The topological polar surface area (TPSA) is 78.1 Å². The molecule has 1 aromatic heterocycles. The number of hydrogen-bond acceptors (Lipinski definition) is 4. The lowest BCUT2D eigenvalue weighted by Gasteiger charge is -2.22. The van der Waals surface area contributed by atoms with Crippen LogP contribution in [0.5, 0.6) is 0 Å². The van der Waals surface area contributed by atoms with E-state index in [9.17, 15) is 9.59 Å². The number of carbonyl (C=O) groups is 1. The van der Waals surface area contributed by atoms with Crippen molar-refractivity contribution < 1.29 is 4.79 Å². The van der Waals surface area contributed by atoms with E-state index in [0.717, 1.165) is 25.9 Å². The van der Waals surface area contributed by atoms with Gasteiger partial charge in [-0.3, -0.25) is 19.6 Å². The molecule has 2 heterocycles. The number of benzene rings is 1. The summed E-state index contributed by atoms with van der Waals surface area (Å²) in [5, 5.41) is 10.0. The Morgan fingerprint density at radius 3 is 3.09 bits per heavy atom. The zero-order chi connectivity index (χ0) is 15.5. The molecule has 1 aliphatic heterocycles. The van der Waals surface area contributed by atoms with Crippen molar-refractivity contribution in [3.05, 3.63) is 40.2 Å². The highest BCUT2D eigenvalue weighted by molar-refractivity contribution is 5.95. The fourth-order valence-corrected chi connectivity index (χ4v) is 3.06. The van der Waals surface area contributed by atoms with Gasteiger partial charge in [0.25, 0.3) is 5.91 Å². The number of aromatic nitrogens is 2. The van der Waals surface area contributed by atoms with Crippen LogP contribution < -0.4 is 10.7 Å². The predicted molar refractivity (Wildman–Crippen MR) is 85.0 cm³/mol. The van der Waals surface area contributed by atoms with E-state index >= 15 is 0 Å². The molecule has 1 saturated heterocycles. The minimum Gasteiger partial charge on any atom is -0.349 e. The Hall–Kier alpha value is -2.21. The Morgan fingerprint density at radius 2 is 2.27 bits per heavy atom. The lowest BCUT2D eigenvalue weighted by Crippen LogP contribution is -2.41. The first kappa shape index (κ1) is 14.7. The fraction of sp³-hybridized carbons (Fsp3) is 0.438. The highest BCUT2D eigenvalue weighted by atomic mass is 16.2. The SMILES string of the molecule is CCN1CCCC1CNC(=O)c1n[nH]c2ccccc2c1=O. The first-order valence-electron chi connectivity index (χ1n) is 7.70. The third-order valence-corrected chi connectivity index (χ3v) is 4.29. The number of hydrogen-bond donors (Lipinski definition) is 2. The van der Waals surface area contributed by atoms with Crippen molar-refractivity contribution in [2.24, 2.45) is 0 Å². The molecule has 116 valence electrons. The van der Waals surface area contributed by atoms with Gasteiger partial charge in [-0.1, -0.05) is 19.1 Å². The summed E-state index contributed by atoms with van der Waals surface area (Å²) in [6.45, 7) is 4.73. The fourth-order valence-electron chi connectivity index (χ4n) is 3.06. The molecule has 1 fully saturated rings. The smallest absolute Gasteiger partial charge is 0.275 e. The van der Waals surface area contributed by atoms with Crippen molar-refractivity contribution in [3.8, 4) is 0 Å². The van der Waals surface area contributed by atoms with Gasteiger partial charge in [-0.25, -0.2) is 0 Å². The van der Waals surface area contributed by atoms with E-state index in [1.807, 2.05) is 6.07 Å². The molecule has 0 radical (unpaired) electrons. The van der Waals surface area contributed by atoms with Crippen LogP contribution in [0.4, 0.5) is 0 Å². The minimum absolute atomic E-state index is 0.0697. The number of fused-ring (bicyclic) bond motifs is 1. The molecule has 3 rings (SSSR count). The van der Waals surface area contributed by atoms with Gasteiger partial charge in [0.05, 0.1) is 5.52 Å². The Morgan fingerprint density at radius 1 is 1.45 bits per heavy atom. The summed E-state index contributed by atoms with van der Waals surface area (Å²) in [5.41, 5.74) is 0.238. The number of para-hydroxylation sites is 1. The average molecular weight is 300 g/mol. The van der Waals surface area contributed by atoms with Crippen LogP contribution in [0.15, 0.2) is 29.1 Å². The summed E-state index contributed by atoms with van der Waals surface area (Å²) in [5.74, 6) is -0.407. The molecule has 0 aliphatic carbocycles. The number of aromatic amines is 1. The number of H-pyrrole nitrogens is 1. The summed E-state index contributed by atoms with van der Waals surface area (Å²) in [6.07, 6.45) is 2.23. The lowest BCUT2D eigenvalue weighted by molar-refractivity contribution is 0.0934. The first-order valence-corrected chi connectivity index (χ1v) is 7.70. The van der Waals surface area contributed by atoms with E-state index in [2.05, 4.69) is 27.3 Å². The van der Waals surface area contributed by atoms with Crippen LogP contribution in [0.25, 0.3) is 10.9 Å². The van der Waals surface area contributed by atoms with Crippen LogP contribution >= 0.6 is 0 Å². The van der Waals surface area contributed by atoms with Crippen LogP contribution in [0, 0.1) is 0 Å². The van der Waals surface area contributed by atoms with Gasteiger partial charge in [0, 0.05) is 18.0 Å². The van der Waals surface area contributed by atoms with Gasteiger partial charge in [0.15, 0.2) is 5.69 Å². The van der Waals surface area contributed by atoms with Crippen LogP contribution in [-0.4, -0.2) is 46.7 Å². The summed E-state index contributed by atoms with van der Waals surface area (Å²) in [4.78, 5) is 26.9. The summed E-state index contributed by atoms with van der Waals surface area (Å²) >= 11 is 0. The third-order valence-electron chi connectivity index (χ3n) is 4.29. The molecule has 0 bridgehead atoms. The second-order valence-electron chi connectivity index (χ2n) is 5.58. The lowest BCUT2D eigenvalue weighted by atomic mass is 10.2. The molecule has 1 unspecified atom stereocenters. The summed E-state index contributed by atoms with van der Waals surface area (Å²) in [7, 11) is 0. The zero-order valence-electron chi connectivity index (χ0n) is 12.6. The van der Waals surface area contributed by atoms with Gasteiger partial charge >= 0.3 is 0 Å². The van der Waals surface area contributed by atoms with Crippen LogP contribution in [0.3, 0.4) is 0 Å². The maximum absolute atomic E-state index is 12.3. The molecule has 6 heteroatoms. The molecular weight excluding hydrogens is 280 g/mol. The Kier molecular flexibility index (Phi) is 4.20. The van der Waals surface area contributed by atoms with E-state index in [4.69, 9.17) is 0 Å². The number of likely N-dealkylation sites (tertiary alicyclic amines) is 1. The van der Waals surface area contributed by atoms with Crippen LogP contribution in [0.2, 0.25) is 0 Å². The first-order chi connectivity index (χ1) is 10.7. The summed E-state index contributed by atoms with van der Waals surface area (Å²) in [6, 6.07) is 7.41. The van der Waals surface area contributed by atoms with Crippen molar-refractivity contribution in [3.63, 3.8) is 0 Å². The Labute approximate surface area is 128 Å². The molecule has 6 nitrogen and oxygen atoms in total. The predicted octanol–water partition coefficient (Wildman–Crippen LogP) is 1.14. The molecule has 2 aromatic rings. The maximum Gasteiger partial charge on any atom is 0.275 e. The van der Waals surface area contributed by atoms with Gasteiger partial charge in [0.2, 0.25) is 5.43 Å². The number of nitrogens with zero attached hydrogens (tertiary/aromatic N) is 2. The van der Waals surface area contributed by atoms with E-state index in [0.29, 0.717) is 23.5 Å². The standard InChI is InChI=1S/C16H20N4O2/c1-2-20-9-5-6-11(20)10-17-16(22)14-15(21)12-7-3-4-8-13(12)18-19-14/h3-4,7-8,11H,2,5-6,9-10H2,1H3,(H,17,22)(H,18,21). The number of nitrogens with one attached hydrogen (secondary N) is 2. The van der Waals surface area contributed by atoms with Gasteiger partial charge in [-0.05, 0) is 38.1 Å². The van der Waals surface area contributed by atoms with Crippen molar-refractivity contribution in [2.75, 3.05) is 19.6 Å². The second-order valence-corrected chi connectivity index (χ2v) is 5.58. The molecule has 22 heavy (non-hydrogen) atoms. The molecule has 1 aliphatic rings. The average Bonchev–Trinajstić information content (AvgIpc) is 3.01. The summed E-state index contributed by atoms with van der Waals surface area (Å²) < 4.78 is 0. The number of amides is 1. The Balaban J connectivity index is 1.75. The molecular formula is C16H20N4O2. The van der Waals surface area contributed by atoms with E-state index in [1.165, 1.54) is 0 Å². The highest BCUT2D eigenvalue weighted by Crippen LogP contribution is 2.15. The van der Waals surface area contributed by atoms with Crippen molar-refractivity contribution in [2.45, 2.75) is 25.8 Å². The molecule has 1 aromatic carbocycles. The molecule has 0 spiro atoms. The van der Waals surface area contributed by atoms with E-state index in [-0.39, 0.29) is 11.1 Å². The molecule has 0 saturated carbocycles. The van der Waals surface area contributed by atoms with Gasteiger partial charge in [0.1, 0.15) is 0 Å². The minimum atomic E-state index is -0.407. The largest absolute Gasteiger partial charge is 0.349 e. The van der Waals surface area contributed by atoms with Gasteiger partial charge < -0.3 is 5.32 Å².